The number of amides is 1. The Bertz CT molecular complexity index is 1830. The molecule has 2 saturated heterocycles. The highest BCUT2D eigenvalue weighted by molar-refractivity contribution is 7.88. The standard InChI is InChI=1S/C34H39F6N5O3S/c1-21-7-8-27(22(2)13-21)28-17-30(44-10-9-43-11-12-45(49(6,47)48)20-26(43)19-44)41-18-29(28)42(5)31(46)32(3,4)23-14-24(33(35,36)37)16-25(15-23)34(38,39)40/h7-8,13-18,26H,9-12,19-20H2,1-6H3. The Labute approximate surface area is 282 Å². The highest BCUT2D eigenvalue weighted by atomic mass is 32.2. The van der Waals surface area contributed by atoms with Gasteiger partial charge in [-0.25, -0.2) is 13.4 Å². The Kier molecular flexibility index (Phi) is 9.62. The van der Waals surface area contributed by atoms with Crippen molar-refractivity contribution in [3.8, 4) is 11.1 Å². The van der Waals surface area contributed by atoms with E-state index in [-0.39, 0.29) is 12.1 Å². The number of aryl methyl sites for hydroxylation is 2. The summed E-state index contributed by atoms with van der Waals surface area (Å²) < 4.78 is 108. The first-order chi connectivity index (χ1) is 22.6. The zero-order chi connectivity index (χ0) is 36.3. The van der Waals surface area contributed by atoms with Gasteiger partial charge in [-0.3, -0.25) is 9.69 Å². The van der Waals surface area contributed by atoms with Crippen LogP contribution in [0, 0.1) is 13.8 Å². The van der Waals surface area contributed by atoms with Crippen molar-refractivity contribution in [2.75, 3.05) is 62.4 Å². The molecular weight excluding hydrogens is 672 g/mol. The molecule has 0 radical (unpaired) electrons. The van der Waals surface area contributed by atoms with Gasteiger partial charge < -0.3 is 9.80 Å². The smallest absolute Gasteiger partial charge is 0.354 e. The van der Waals surface area contributed by atoms with Crippen LogP contribution in [0.2, 0.25) is 0 Å². The van der Waals surface area contributed by atoms with E-state index < -0.39 is 50.4 Å². The lowest BCUT2D eigenvalue weighted by atomic mass is 9.81. The lowest BCUT2D eigenvalue weighted by Gasteiger charge is -2.47. The molecular formula is C34H39F6N5O3S. The van der Waals surface area contributed by atoms with Crippen LogP contribution in [0.15, 0.2) is 48.7 Å². The lowest BCUT2D eigenvalue weighted by molar-refractivity contribution is -0.143. The Hall–Kier alpha value is -3.69. The van der Waals surface area contributed by atoms with Crippen LogP contribution in [-0.2, 0) is 32.6 Å². The average Bonchev–Trinajstić information content (AvgIpc) is 3.01. The van der Waals surface area contributed by atoms with Crippen LogP contribution >= 0.6 is 0 Å². The molecule has 0 saturated carbocycles. The van der Waals surface area contributed by atoms with Gasteiger partial charge in [0, 0.05) is 57.9 Å². The third-order valence-electron chi connectivity index (χ3n) is 9.50. The maximum Gasteiger partial charge on any atom is 0.416 e. The summed E-state index contributed by atoms with van der Waals surface area (Å²) in [6.45, 7) is 9.62. The van der Waals surface area contributed by atoms with Crippen molar-refractivity contribution in [3.63, 3.8) is 0 Å². The van der Waals surface area contributed by atoms with Crippen molar-refractivity contribution in [1.29, 1.82) is 0 Å². The predicted molar refractivity (Wildman–Crippen MR) is 176 cm³/mol. The molecule has 2 aromatic carbocycles. The van der Waals surface area contributed by atoms with Gasteiger partial charge in [0.1, 0.15) is 5.82 Å². The van der Waals surface area contributed by atoms with Crippen LogP contribution in [0.3, 0.4) is 0 Å². The zero-order valence-electron chi connectivity index (χ0n) is 28.1. The molecule has 266 valence electrons. The predicted octanol–water partition coefficient (Wildman–Crippen LogP) is 6.11. The van der Waals surface area contributed by atoms with E-state index in [0.717, 1.165) is 16.7 Å². The number of carbonyl (C=O) groups is 1. The van der Waals surface area contributed by atoms with Gasteiger partial charge in [-0.1, -0.05) is 23.8 Å². The van der Waals surface area contributed by atoms with E-state index in [2.05, 4.69) is 14.8 Å². The molecule has 1 unspecified atom stereocenters. The van der Waals surface area contributed by atoms with Gasteiger partial charge in [0.15, 0.2) is 0 Å². The lowest BCUT2D eigenvalue weighted by Crippen LogP contribution is -2.62. The van der Waals surface area contributed by atoms with E-state index in [1.165, 1.54) is 42.6 Å². The number of sulfonamides is 1. The molecule has 49 heavy (non-hydrogen) atoms. The number of alkyl halides is 6. The molecule has 0 N–H and O–H groups in total. The van der Waals surface area contributed by atoms with Crippen molar-refractivity contribution in [2.24, 2.45) is 0 Å². The number of piperazine rings is 2. The number of pyridine rings is 1. The first-order valence-electron chi connectivity index (χ1n) is 15.7. The molecule has 3 aromatic rings. The Balaban J connectivity index is 1.54. The Morgan fingerprint density at radius 1 is 0.837 bits per heavy atom. The summed E-state index contributed by atoms with van der Waals surface area (Å²) >= 11 is 0. The van der Waals surface area contributed by atoms with Crippen LogP contribution in [0.25, 0.3) is 11.1 Å². The van der Waals surface area contributed by atoms with E-state index in [9.17, 15) is 39.6 Å². The number of nitrogens with zero attached hydrogens (tertiary/aromatic N) is 5. The number of hydrogen-bond donors (Lipinski definition) is 0. The maximum atomic E-state index is 14.1. The SMILES string of the molecule is Cc1ccc(-c2cc(N3CCN4CCN(S(C)(=O)=O)CC4C3)ncc2N(C)C(=O)C(C)(C)c2cc(C(F)(F)F)cc(C(F)(F)F)c2)c(C)c1. The molecule has 0 spiro atoms. The Morgan fingerprint density at radius 2 is 1.43 bits per heavy atom. The monoisotopic (exact) mass is 711 g/mol. The summed E-state index contributed by atoms with van der Waals surface area (Å²) in [5, 5.41) is 0. The number of anilines is 2. The van der Waals surface area contributed by atoms with Gasteiger partial charge in [0.05, 0.1) is 34.7 Å². The number of halogens is 6. The topological polar surface area (TPSA) is 77.1 Å². The summed E-state index contributed by atoms with van der Waals surface area (Å²) in [6.07, 6.45) is -7.45. The van der Waals surface area contributed by atoms with Crippen LogP contribution in [-0.4, -0.2) is 87.1 Å². The molecule has 1 aromatic heterocycles. The molecule has 2 aliphatic rings. The number of hydrogen-bond acceptors (Lipinski definition) is 6. The van der Waals surface area contributed by atoms with E-state index in [1.54, 1.807) is 0 Å². The highest BCUT2D eigenvalue weighted by Gasteiger charge is 2.42. The number of rotatable bonds is 6. The van der Waals surface area contributed by atoms with Gasteiger partial charge >= 0.3 is 12.4 Å². The summed E-state index contributed by atoms with van der Waals surface area (Å²) in [6, 6.07) is 8.73. The highest BCUT2D eigenvalue weighted by Crippen LogP contribution is 2.41. The van der Waals surface area contributed by atoms with E-state index >= 15 is 0 Å². The van der Waals surface area contributed by atoms with Gasteiger partial charge in [0.2, 0.25) is 15.9 Å². The molecule has 1 atom stereocenters. The van der Waals surface area contributed by atoms with Crippen molar-refractivity contribution in [1.82, 2.24) is 14.2 Å². The second kappa shape index (κ2) is 12.9. The fourth-order valence-corrected chi connectivity index (χ4v) is 7.47. The zero-order valence-corrected chi connectivity index (χ0v) is 28.9. The second-order valence-electron chi connectivity index (χ2n) is 13.4. The summed E-state index contributed by atoms with van der Waals surface area (Å²) in [5.74, 6) is -0.153. The van der Waals surface area contributed by atoms with E-state index in [4.69, 9.17) is 0 Å². The number of carbonyl (C=O) groups excluding carboxylic acids is 1. The molecule has 2 fully saturated rings. The molecule has 8 nitrogen and oxygen atoms in total. The fraction of sp³-hybridized carbons (Fsp3) is 0.471. The van der Waals surface area contributed by atoms with Crippen LogP contribution in [0.5, 0.6) is 0 Å². The fourth-order valence-electron chi connectivity index (χ4n) is 6.61. The van der Waals surface area contributed by atoms with Gasteiger partial charge in [-0.2, -0.15) is 30.6 Å². The van der Waals surface area contributed by atoms with Crippen molar-refractivity contribution in [2.45, 2.75) is 51.5 Å². The quantitative estimate of drug-likeness (QED) is 0.288. The third-order valence-corrected chi connectivity index (χ3v) is 10.8. The van der Waals surface area contributed by atoms with Gasteiger partial charge in [-0.05, 0) is 68.7 Å². The molecule has 0 aliphatic carbocycles. The number of fused-ring (bicyclic) bond motifs is 1. The van der Waals surface area contributed by atoms with Crippen LogP contribution < -0.4 is 9.80 Å². The molecule has 15 heteroatoms. The normalized spacial score (nSPS) is 18.4. The summed E-state index contributed by atoms with van der Waals surface area (Å²) in [5.41, 5.74) is -1.69. The van der Waals surface area contributed by atoms with Crippen molar-refractivity contribution >= 4 is 27.4 Å². The average molecular weight is 712 g/mol. The first kappa shape index (κ1) is 36.6. The largest absolute Gasteiger partial charge is 0.416 e. The number of aromatic nitrogens is 1. The first-order valence-corrected chi connectivity index (χ1v) is 17.5. The second-order valence-corrected chi connectivity index (χ2v) is 15.4. The minimum absolute atomic E-state index is 0.0422. The minimum atomic E-state index is -5.07. The number of benzene rings is 2. The molecule has 5 rings (SSSR count). The van der Waals surface area contributed by atoms with Crippen molar-refractivity contribution in [3.05, 3.63) is 76.5 Å². The number of likely N-dealkylation sites (N-methyl/N-ethyl adjacent to an activating group) is 1. The summed E-state index contributed by atoms with van der Waals surface area (Å²) in [4.78, 5) is 24.3. The molecule has 0 bridgehead atoms. The van der Waals surface area contributed by atoms with Gasteiger partial charge in [-0.15, -0.1) is 0 Å². The van der Waals surface area contributed by atoms with Crippen LogP contribution in [0.4, 0.5) is 37.8 Å². The minimum Gasteiger partial charge on any atom is -0.354 e. The molecule has 3 heterocycles. The molecule has 2 aliphatic heterocycles. The van der Waals surface area contributed by atoms with E-state index in [0.29, 0.717) is 68.5 Å². The van der Waals surface area contributed by atoms with Gasteiger partial charge in [0.25, 0.3) is 0 Å². The van der Waals surface area contributed by atoms with Crippen LogP contribution in [0.1, 0.15) is 41.7 Å². The maximum absolute atomic E-state index is 14.1. The van der Waals surface area contributed by atoms with E-state index in [1.807, 2.05) is 38.1 Å². The Morgan fingerprint density at radius 3 is 2.00 bits per heavy atom. The third kappa shape index (κ3) is 7.58. The van der Waals surface area contributed by atoms with Crippen molar-refractivity contribution < 1.29 is 39.6 Å². The summed E-state index contributed by atoms with van der Waals surface area (Å²) in [7, 11) is -1.94. The molecule has 1 amide bonds.